The molecule has 92 valence electrons. The highest BCUT2D eigenvalue weighted by molar-refractivity contribution is 5.80. The van der Waals surface area contributed by atoms with E-state index in [0.29, 0.717) is 6.54 Å². The normalized spacial score (nSPS) is 11.8. The summed E-state index contributed by atoms with van der Waals surface area (Å²) in [7, 11) is 0. The summed E-state index contributed by atoms with van der Waals surface area (Å²) < 4.78 is 1.58. The molecular weight excluding hydrogens is 216 g/mol. The monoisotopic (exact) mass is 234 g/mol. The van der Waals surface area contributed by atoms with Crippen molar-refractivity contribution in [3.05, 3.63) is 18.2 Å². The van der Waals surface area contributed by atoms with Crippen molar-refractivity contribution < 1.29 is 4.79 Å². The maximum absolute atomic E-state index is 11.8. The number of nitrogens with one attached hydrogen (secondary N) is 1. The van der Waals surface area contributed by atoms with E-state index in [1.54, 1.807) is 17.7 Å². The Hall–Kier alpha value is -1.83. The van der Waals surface area contributed by atoms with Gasteiger partial charge in [-0.05, 0) is 13.3 Å². The van der Waals surface area contributed by atoms with Crippen LogP contribution in [0.3, 0.4) is 0 Å². The van der Waals surface area contributed by atoms with Crippen LogP contribution in [0.25, 0.3) is 0 Å². The number of rotatable bonds is 6. The fraction of sp³-hybridized carbons (Fsp3) is 0.583. The second-order valence-electron chi connectivity index (χ2n) is 3.94. The quantitative estimate of drug-likeness (QED) is 0.760. The van der Waals surface area contributed by atoms with Crippen LogP contribution in [0.15, 0.2) is 12.4 Å². The van der Waals surface area contributed by atoms with Crippen molar-refractivity contribution in [2.45, 2.75) is 39.2 Å². The number of carbonyl (C=O) groups is 1. The Labute approximate surface area is 101 Å². The van der Waals surface area contributed by atoms with Gasteiger partial charge in [0.2, 0.25) is 11.7 Å². The standard InChI is InChI=1S/C12H18N4O/c1-3-4-5-6-15-12(17)10(2)16-8-7-14-11(16)9-13/h7-8,10H,3-6H2,1-2H3,(H,15,17). The highest BCUT2D eigenvalue weighted by atomic mass is 16.2. The predicted molar refractivity (Wildman–Crippen MR) is 64.2 cm³/mol. The van der Waals surface area contributed by atoms with Crippen molar-refractivity contribution in [2.75, 3.05) is 6.54 Å². The van der Waals surface area contributed by atoms with Crippen molar-refractivity contribution in [3.63, 3.8) is 0 Å². The molecule has 1 N–H and O–H groups in total. The smallest absolute Gasteiger partial charge is 0.242 e. The van der Waals surface area contributed by atoms with Crippen LogP contribution in [0.5, 0.6) is 0 Å². The van der Waals surface area contributed by atoms with Crippen LogP contribution in [0, 0.1) is 11.3 Å². The Morgan fingerprint density at radius 2 is 2.41 bits per heavy atom. The van der Waals surface area contributed by atoms with Crippen LogP contribution in [-0.4, -0.2) is 22.0 Å². The van der Waals surface area contributed by atoms with Gasteiger partial charge in [-0.3, -0.25) is 4.79 Å². The minimum absolute atomic E-state index is 0.0735. The van der Waals surface area contributed by atoms with Gasteiger partial charge in [0, 0.05) is 18.9 Å². The van der Waals surface area contributed by atoms with Gasteiger partial charge in [-0.25, -0.2) is 4.98 Å². The summed E-state index contributed by atoms with van der Waals surface area (Å²) in [5.74, 6) is 0.191. The second kappa shape index (κ2) is 6.69. The Morgan fingerprint density at radius 3 is 3.06 bits per heavy atom. The van der Waals surface area contributed by atoms with E-state index in [2.05, 4.69) is 17.2 Å². The average molecular weight is 234 g/mol. The van der Waals surface area contributed by atoms with Gasteiger partial charge >= 0.3 is 0 Å². The fourth-order valence-electron chi connectivity index (χ4n) is 1.57. The highest BCUT2D eigenvalue weighted by Gasteiger charge is 2.16. The first-order valence-corrected chi connectivity index (χ1v) is 5.91. The second-order valence-corrected chi connectivity index (χ2v) is 3.94. The average Bonchev–Trinajstić information content (AvgIpc) is 2.81. The lowest BCUT2D eigenvalue weighted by Crippen LogP contribution is -2.32. The van der Waals surface area contributed by atoms with Crippen LogP contribution in [-0.2, 0) is 4.79 Å². The van der Waals surface area contributed by atoms with E-state index in [9.17, 15) is 4.79 Å². The number of hydrogen-bond donors (Lipinski definition) is 1. The summed E-state index contributed by atoms with van der Waals surface area (Å²) in [6, 6.07) is 1.56. The topological polar surface area (TPSA) is 70.7 Å². The summed E-state index contributed by atoms with van der Waals surface area (Å²) in [4.78, 5) is 15.7. The molecule has 5 heteroatoms. The zero-order valence-electron chi connectivity index (χ0n) is 10.3. The third-order valence-electron chi connectivity index (χ3n) is 2.64. The maximum Gasteiger partial charge on any atom is 0.242 e. The predicted octanol–water partition coefficient (Wildman–Crippen LogP) is 1.62. The van der Waals surface area contributed by atoms with E-state index in [1.165, 1.54) is 6.20 Å². The van der Waals surface area contributed by atoms with Gasteiger partial charge in [0.05, 0.1) is 0 Å². The SMILES string of the molecule is CCCCCNC(=O)C(C)n1ccnc1C#N. The third-order valence-corrected chi connectivity index (χ3v) is 2.64. The largest absolute Gasteiger partial charge is 0.354 e. The molecular formula is C12H18N4O. The van der Waals surface area contributed by atoms with Crippen LogP contribution < -0.4 is 5.32 Å². The Kier molecular flexibility index (Phi) is 5.21. The number of nitriles is 1. The summed E-state index contributed by atoms with van der Waals surface area (Å²) >= 11 is 0. The van der Waals surface area contributed by atoms with Crippen molar-refractivity contribution >= 4 is 5.91 Å². The molecule has 0 aliphatic heterocycles. The van der Waals surface area contributed by atoms with Gasteiger partial charge in [-0.15, -0.1) is 0 Å². The molecule has 0 saturated heterocycles. The molecule has 0 radical (unpaired) electrons. The number of amides is 1. The van der Waals surface area contributed by atoms with Crippen LogP contribution >= 0.6 is 0 Å². The van der Waals surface area contributed by atoms with Gasteiger partial charge in [-0.2, -0.15) is 5.26 Å². The molecule has 0 aliphatic carbocycles. The number of hydrogen-bond acceptors (Lipinski definition) is 3. The number of carbonyl (C=O) groups excluding carboxylic acids is 1. The first-order chi connectivity index (χ1) is 8.20. The van der Waals surface area contributed by atoms with Crippen molar-refractivity contribution in [1.29, 1.82) is 5.26 Å². The summed E-state index contributed by atoms with van der Waals surface area (Å²) in [5.41, 5.74) is 0. The summed E-state index contributed by atoms with van der Waals surface area (Å²) in [6.07, 6.45) is 6.41. The summed E-state index contributed by atoms with van der Waals surface area (Å²) in [5, 5.41) is 11.7. The first kappa shape index (κ1) is 13.2. The lowest BCUT2D eigenvalue weighted by molar-refractivity contribution is -0.123. The van der Waals surface area contributed by atoms with E-state index in [-0.39, 0.29) is 11.7 Å². The van der Waals surface area contributed by atoms with Crippen LogP contribution in [0.4, 0.5) is 0 Å². The van der Waals surface area contributed by atoms with E-state index >= 15 is 0 Å². The van der Waals surface area contributed by atoms with Gasteiger partial charge in [0.15, 0.2) is 0 Å². The molecule has 1 aromatic rings. The highest BCUT2D eigenvalue weighted by Crippen LogP contribution is 2.08. The molecule has 5 nitrogen and oxygen atoms in total. The molecule has 0 aliphatic rings. The number of aromatic nitrogens is 2. The molecule has 0 aromatic carbocycles. The zero-order valence-corrected chi connectivity index (χ0v) is 10.3. The van der Waals surface area contributed by atoms with Crippen molar-refractivity contribution in [1.82, 2.24) is 14.9 Å². The lowest BCUT2D eigenvalue weighted by atomic mass is 10.2. The van der Waals surface area contributed by atoms with E-state index < -0.39 is 6.04 Å². The van der Waals surface area contributed by atoms with E-state index in [1.807, 2.05) is 6.07 Å². The van der Waals surface area contributed by atoms with Gasteiger partial charge in [0.1, 0.15) is 12.1 Å². The van der Waals surface area contributed by atoms with Gasteiger partial charge < -0.3 is 9.88 Å². The van der Waals surface area contributed by atoms with Gasteiger partial charge in [-0.1, -0.05) is 19.8 Å². The molecule has 1 unspecified atom stereocenters. The van der Waals surface area contributed by atoms with E-state index in [0.717, 1.165) is 19.3 Å². The van der Waals surface area contributed by atoms with E-state index in [4.69, 9.17) is 5.26 Å². The molecule has 0 fully saturated rings. The minimum atomic E-state index is -0.395. The Morgan fingerprint density at radius 1 is 1.65 bits per heavy atom. The summed E-state index contributed by atoms with van der Waals surface area (Å²) in [6.45, 7) is 4.57. The molecule has 0 saturated carbocycles. The molecule has 1 aromatic heterocycles. The molecule has 1 heterocycles. The molecule has 1 amide bonds. The van der Waals surface area contributed by atoms with Crippen LogP contribution in [0.1, 0.15) is 45.0 Å². The van der Waals surface area contributed by atoms with Gasteiger partial charge in [0.25, 0.3) is 0 Å². The van der Waals surface area contributed by atoms with Crippen molar-refractivity contribution in [2.24, 2.45) is 0 Å². The Bertz CT molecular complexity index is 405. The maximum atomic E-state index is 11.8. The lowest BCUT2D eigenvalue weighted by Gasteiger charge is -2.14. The van der Waals surface area contributed by atoms with Crippen LogP contribution in [0.2, 0.25) is 0 Å². The Balaban J connectivity index is 2.50. The molecule has 1 atom stereocenters. The fourth-order valence-corrected chi connectivity index (χ4v) is 1.57. The first-order valence-electron chi connectivity index (χ1n) is 5.91. The molecule has 0 spiro atoms. The molecule has 0 bridgehead atoms. The third kappa shape index (κ3) is 3.59. The minimum Gasteiger partial charge on any atom is -0.354 e. The zero-order chi connectivity index (χ0) is 12.7. The number of unbranched alkanes of at least 4 members (excludes halogenated alkanes) is 2. The molecule has 1 rings (SSSR count). The number of nitrogens with zero attached hydrogens (tertiary/aromatic N) is 3. The number of imidazole rings is 1. The molecule has 17 heavy (non-hydrogen) atoms. The van der Waals surface area contributed by atoms with Crippen molar-refractivity contribution in [3.8, 4) is 6.07 Å².